The van der Waals surface area contributed by atoms with E-state index in [1.807, 2.05) is 0 Å². The second-order valence-corrected chi connectivity index (χ2v) is 3.38. The van der Waals surface area contributed by atoms with Crippen LogP contribution in [0.4, 0.5) is 0 Å². The van der Waals surface area contributed by atoms with Crippen LogP contribution in [-0.4, -0.2) is 21.0 Å². The number of carboxylic acids is 1. The second-order valence-electron chi connectivity index (χ2n) is 2.52. The fourth-order valence-corrected chi connectivity index (χ4v) is 1.58. The average Bonchev–Trinajstić information content (AvgIpc) is 2.48. The molecule has 2 heterocycles. The van der Waals surface area contributed by atoms with Crippen LogP contribution in [0.5, 0.6) is 0 Å². The van der Waals surface area contributed by atoms with Crippen molar-refractivity contribution < 1.29 is 9.90 Å². The summed E-state index contributed by atoms with van der Waals surface area (Å²) >= 11 is 3.30. The van der Waals surface area contributed by atoms with Crippen molar-refractivity contribution in [3.8, 4) is 0 Å². The van der Waals surface area contributed by atoms with Gasteiger partial charge in [-0.1, -0.05) is 0 Å². The lowest BCUT2D eigenvalue weighted by Crippen LogP contribution is -1.94. The van der Waals surface area contributed by atoms with Gasteiger partial charge in [0.05, 0.1) is 5.52 Å². The Morgan fingerprint density at radius 2 is 2.38 bits per heavy atom. The smallest absolute Gasteiger partial charge is 0.339 e. The minimum Gasteiger partial charge on any atom is -0.478 e. The predicted molar refractivity (Wildman–Crippen MR) is 50.8 cm³/mol. The van der Waals surface area contributed by atoms with Crippen LogP contribution in [0.15, 0.2) is 22.9 Å². The number of carbonyl (C=O) groups is 1. The van der Waals surface area contributed by atoms with Gasteiger partial charge in [0.2, 0.25) is 0 Å². The molecule has 2 aromatic heterocycles. The lowest BCUT2D eigenvalue weighted by molar-refractivity contribution is 0.0699. The molecule has 5 heteroatoms. The summed E-state index contributed by atoms with van der Waals surface area (Å²) in [6, 6.07) is 1.75. The van der Waals surface area contributed by atoms with Gasteiger partial charge in [-0.15, -0.1) is 0 Å². The van der Waals surface area contributed by atoms with E-state index in [2.05, 4.69) is 25.9 Å². The van der Waals surface area contributed by atoms with E-state index in [1.54, 1.807) is 12.3 Å². The van der Waals surface area contributed by atoms with Gasteiger partial charge in [0.25, 0.3) is 0 Å². The third-order valence-electron chi connectivity index (χ3n) is 1.75. The van der Waals surface area contributed by atoms with Crippen molar-refractivity contribution in [2.45, 2.75) is 0 Å². The van der Waals surface area contributed by atoms with Crippen LogP contribution in [0.1, 0.15) is 10.4 Å². The number of hydrogen-bond acceptors (Lipinski definition) is 2. The molecule has 0 amide bonds. The number of hydrogen-bond donors (Lipinski definition) is 2. The monoisotopic (exact) mass is 240 g/mol. The van der Waals surface area contributed by atoms with Gasteiger partial charge < -0.3 is 10.1 Å². The van der Waals surface area contributed by atoms with Crippen molar-refractivity contribution in [2.24, 2.45) is 0 Å². The highest BCUT2D eigenvalue weighted by atomic mass is 79.9. The molecule has 2 rings (SSSR count). The zero-order valence-electron chi connectivity index (χ0n) is 6.41. The molecule has 0 bridgehead atoms. The molecule has 0 aliphatic rings. The Morgan fingerprint density at radius 3 is 3.08 bits per heavy atom. The highest BCUT2D eigenvalue weighted by molar-refractivity contribution is 9.10. The van der Waals surface area contributed by atoms with Crippen LogP contribution < -0.4 is 0 Å². The summed E-state index contributed by atoms with van der Waals surface area (Å²) in [5.74, 6) is -0.975. The van der Waals surface area contributed by atoms with Crippen LogP contribution >= 0.6 is 15.9 Å². The summed E-state index contributed by atoms with van der Waals surface area (Å²) in [6.07, 6.45) is 3.00. The summed E-state index contributed by atoms with van der Waals surface area (Å²) in [5.41, 5.74) is 1.37. The molecular formula is C8H5BrN2O2. The molecule has 0 aliphatic carbocycles. The first-order valence-corrected chi connectivity index (χ1v) is 4.34. The number of nitrogens with zero attached hydrogens (tertiary/aromatic N) is 1. The summed E-state index contributed by atoms with van der Waals surface area (Å²) in [7, 11) is 0. The fraction of sp³-hybridized carbons (Fsp3) is 0. The molecule has 0 radical (unpaired) electrons. The van der Waals surface area contributed by atoms with Gasteiger partial charge in [-0.05, 0) is 22.0 Å². The maximum Gasteiger partial charge on any atom is 0.339 e. The Kier molecular flexibility index (Phi) is 1.81. The van der Waals surface area contributed by atoms with E-state index in [-0.39, 0.29) is 5.56 Å². The van der Waals surface area contributed by atoms with E-state index in [0.717, 1.165) is 4.47 Å². The number of pyridine rings is 1. The predicted octanol–water partition coefficient (Wildman–Crippen LogP) is 2.02. The number of nitrogens with one attached hydrogen (secondary N) is 1. The van der Waals surface area contributed by atoms with Crippen molar-refractivity contribution in [1.29, 1.82) is 0 Å². The Bertz CT molecular complexity index is 478. The molecule has 0 fully saturated rings. The lowest BCUT2D eigenvalue weighted by atomic mass is 10.3. The number of halogens is 1. The van der Waals surface area contributed by atoms with Crippen LogP contribution in [-0.2, 0) is 0 Å². The Hall–Kier alpha value is -1.36. The minimum absolute atomic E-state index is 0.191. The van der Waals surface area contributed by atoms with E-state index < -0.39 is 5.97 Å². The van der Waals surface area contributed by atoms with Gasteiger partial charge in [0.15, 0.2) is 0 Å². The standard InChI is InChI=1S/C8H5BrN2O2/c9-5-1-2-10-6-4(8(12)13)3-11-7(5)6/h1-3,11H,(H,12,13). The summed E-state index contributed by atoms with van der Waals surface area (Å²) < 4.78 is 0.810. The number of carboxylic acid groups (broad SMARTS) is 1. The first-order valence-electron chi connectivity index (χ1n) is 3.55. The highest BCUT2D eigenvalue weighted by Crippen LogP contribution is 2.23. The van der Waals surface area contributed by atoms with Crippen molar-refractivity contribution >= 4 is 32.9 Å². The third-order valence-corrected chi connectivity index (χ3v) is 2.41. The van der Waals surface area contributed by atoms with Gasteiger partial charge >= 0.3 is 5.97 Å². The number of fused-ring (bicyclic) bond motifs is 1. The van der Waals surface area contributed by atoms with Gasteiger partial charge in [-0.2, -0.15) is 0 Å². The maximum absolute atomic E-state index is 10.7. The maximum atomic E-state index is 10.7. The van der Waals surface area contributed by atoms with Crippen LogP contribution in [0.3, 0.4) is 0 Å². The van der Waals surface area contributed by atoms with E-state index in [1.165, 1.54) is 6.20 Å². The van der Waals surface area contributed by atoms with Crippen LogP contribution in [0, 0.1) is 0 Å². The zero-order valence-corrected chi connectivity index (χ0v) is 8.00. The average molecular weight is 241 g/mol. The molecule has 0 aliphatic heterocycles. The molecule has 2 aromatic rings. The number of H-pyrrole nitrogens is 1. The summed E-state index contributed by atoms with van der Waals surface area (Å²) in [6.45, 7) is 0. The lowest BCUT2D eigenvalue weighted by Gasteiger charge is -1.92. The SMILES string of the molecule is O=C(O)c1c[nH]c2c(Br)ccnc12. The molecule has 66 valence electrons. The first kappa shape index (κ1) is 8.25. The fourth-order valence-electron chi connectivity index (χ4n) is 1.16. The van der Waals surface area contributed by atoms with Crippen LogP contribution in [0.25, 0.3) is 11.0 Å². The molecule has 0 spiro atoms. The summed E-state index contributed by atoms with van der Waals surface area (Å²) in [4.78, 5) is 17.5. The number of aromatic carboxylic acids is 1. The highest BCUT2D eigenvalue weighted by Gasteiger charge is 2.12. The van der Waals surface area contributed by atoms with Gasteiger partial charge in [-0.25, -0.2) is 4.79 Å². The van der Waals surface area contributed by atoms with Gasteiger partial charge in [0.1, 0.15) is 11.1 Å². The topological polar surface area (TPSA) is 66.0 Å². The molecule has 0 saturated heterocycles. The van der Waals surface area contributed by atoms with E-state index in [0.29, 0.717) is 11.0 Å². The first-order chi connectivity index (χ1) is 6.20. The van der Waals surface area contributed by atoms with Gasteiger partial charge in [0, 0.05) is 16.9 Å². The molecular weight excluding hydrogens is 236 g/mol. The van der Waals surface area contributed by atoms with Gasteiger partial charge in [-0.3, -0.25) is 4.98 Å². The largest absolute Gasteiger partial charge is 0.478 e. The summed E-state index contributed by atoms with van der Waals surface area (Å²) in [5, 5.41) is 8.79. The van der Waals surface area contributed by atoms with E-state index in [4.69, 9.17) is 5.11 Å². The Balaban J connectivity index is 2.83. The van der Waals surface area contributed by atoms with Crippen molar-refractivity contribution in [2.75, 3.05) is 0 Å². The van der Waals surface area contributed by atoms with Crippen molar-refractivity contribution in [1.82, 2.24) is 9.97 Å². The van der Waals surface area contributed by atoms with Crippen molar-refractivity contribution in [3.63, 3.8) is 0 Å². The van der Waals surface area contributed by atoms with E-state index >= 15 is 0 Å². The quantitative estimate of drug-likeness (QED) is 0.802. The second kappa shape index (κ2) is 2.85. The Morgan fingerprint density at radius 1 is 1.62 bits per heavy atom. The zero-order chi connectivity index (χ0) is 9.42. The molecule has 2 N–H and O–H groups in total. The number of aromatic nitrogens is 2. The minimum atomic E-state index is -0.975. The normalized spacial score (nSPS) is 10.5. The molecule has 13 heavy (non-hydrogen) atoms. The molecule has 0 unspecified atom stereocenters. The molecule has 4 nitrogen and oxygen atoms in total. The van der Waals surface area contributed by atoms with Crippen molar-refractivity contribution in [3.05, 3.63) is 28.5 Å². The number of aromatic amines is 1. The third kappa shape index (κ3) is 1.21. The van der Waals surface area contributed by atoms with E-state index in [9.17, 15) is 4.79 Å². The van der Waals surface area contributed by atoms with Crippen LogP contribution in [0.2, 0.25) is 0 Å². The number of rotatable bonds is 1. The molecule has 0 atom stereocenters. The molecule has 0 saturated carbocycles. The Labute approximate surface area is 81.7 Å². The molecule has 0 aromatic carbocycles.